The molecule has 1 aromatic rings. The molecule has 166 valence electrons. The molecule has 7 heteroatoms. The number of ketones is 2. The van der Waals surface area contributed by atoms with Crippen molar-refractivity contribution >= 4 is 31.3 Å². The summed E-state index contributed by atoms with van der Waals surface area (Å²) < 4.78 is 5.62. The zero-order valence-electron chi connectivity index (χ0n) is 18.7. The van der Waals surface area contributed by atoms with Gasteiger partial charge in [-0.1, -0.05) is 49.9 Å². The van der Waals surface area contributed by atoms with Crippen molar-refractivity contribution in [2.24, 2.45) is 11.8 Å². The van der Waals surface area contributed by atoms with E-state index in [0.29, 0.717) is 17.5 Å². The molecule has 4 atom stereocenters. The lowest BCUT2D eigenvalue weighted by molar-refractivity contribution is -0.152. The maximum atomic E-state index is 13.4. The number of phenolic OH excluding ortho intramolecular Hbond substituents is 1. The molecule has 0 saturated heterocycles. The van der Waals surface area contributed by atoms with E-state index >= 15 is 0 Å². The molecule has 0 spiro atoms. The van der Waals surface area contributed by atoms with E-state index in [0.717, 1.165) is 0 Å². The summed E-state index contributed by atoms with van der Waals surface area (Å²) in [4.78, 5) is 38.7. The number of hydrogen-bond donors (Lipinski definition) is 2. The van der Waals surface area contributed by atoms with E-state index in [9.17, 15) is 19.5 Å². The van der Waals surface area contributed by atoms with Gasteiger partial charge in [-0.05, 0) is 11.1 Å². The van der Waals surface area contributed by atoms with Crippen LogP contribution in [0.15, 0.2) is 24.3 Å². The molecular formula is C25H27NO5Si. The standard InChI is InChI=1S/C25H27NO5Si/c1-6-25(31-13(2)27)11-16-18(17(12-25)32(3,4)5)24(30)20-19(21(16)26)22(28)14-9-7-8-10-15(14)23(20)29/h1,7-10,14-15,17,30H,11-12,26H2,2-5H3. The number of esters is 1. The van der Waals surface area contributed by atoms with Gasteiger partial charge in [0.05, 0.1) is 31.0 Å². The molecule has 3 N–H and O–H groups in total. The third kappa shape index (κ3) is 3.13. The first-order valence-corrected chi connectivity index (χ1v) is 14.3. The van der Waals surface area contributed by atoms with E-state index in [-0.39, 0.29) is 46.1 Å². The number of allylic oxidation sites excluding steroid dienone is 4. The number of benzene rings is 1. The Kier molecular flexibility index (Phi) is 4.98. The molecule has 1 aromatic carbocycles. The fourth-order valence-corrected chi connectivity index (χ4v) is 7.47. The summed E-state index contributed by atoms with van der Waals surface area (Å²) in [5.74, 6) is 0.0699. The van der Waals surface area contributed by atoms with Crippen LogP contribution in [0.1, 0.15) is 50.7 Å². The van der Waals surface area contributed by atoms with E-state index < -0.39 is 31.5 Å². The fourth-order valence-electron chi connectivity index (χ4n) is 5.35. The van der Waals surface area contributed by atoms with Crippen molar-refractivity contribution < 1.29 is 24.2 Å². The predicted octanol–water partition coefficient (Wildman–Crippen LogP) is 3.55. The molecule has 4 unspecified atom stereocenters. The van der Waals surface area contributed by atoms with Crippen molar-refractivity contribution in [3.05, 3.63) is 46.6 Å². The smallest absolute Gasteiger partial charge is 0.304 e. The van der Waals surface area contributed by atoms with Crippen molar-refractivity contribution in [2.45, 2.75) is 50.5 Å². The third-order valence-corrected chi connectivity index (χ3v) is 9.47. The molecular weight excluding hydrogens is 422 g/mol. The quantitative estimate of drug-likeness (QED) is 0.235. The Morgan fingerprint density at radius 3 is 2.25 bits per heavy atom. The van der Waals surface area contributed by atoms with E-state index in [1.54, 1.807) is 24.3 Å². The zero-order valence-corrected chi connectivity index (χ0v) is 19.7. The van der Waals surface area contributed by atoms with Crippen LogP contribution in [0.3, 0.4) is 0 Å². The van der Waals surface area contributed by atoms with Crippen LogP contribution in [-0.4, -0.2) is 36.3 Å². The molecule has 0 saturated carbocycles. The first-order valence-electron chi connectivity index (χ1n) is 10.7. The number of ether oxygens (including phenoxy) is 1. The lowest BCUT2D eigenvalue weighted by Crippen LogP contribution is -2.47. The Bertz CT molecular complexity index is 1170. The van der Waals surface area contributed by atoms with Gasteiger partial charge in [0.15, 0.2) is 17.2 Å². The molecule has 0 heterocycles. The second-order valence-electron chi connectivity index (χ2n) is 9.99. The number of Topliss-reactive ketones (excluding diaryl/α,β-unsaturated/α-hetero) is 2. The summed E-state index contributed by atoms with van der Waals surface area (Å²) in [5, 5.41) is 11.4. The van der Waals surface area contributed by atoms with Gasteiger partial charge in [0.2, 0.25) is 0 Å². The maximum absolute atomic E-state index is 13.4. The first-order chi connectivity index (χ1) is 14.9. The normalized spacial score (nSPS) is 28.4. The van der Waals surface area contributed by atoms with Crippen molar-refractivity contribution in [3.63, 3.8) is 0 Å². The van der Waals surface area contributed by atoms with Crippen molar-refractivity contribution in [2.75, 3.05) is 5.73 Å². The number of nitrogen functional groups attached to an aromatic ring is 1. The summed E-state index contributed by atoms with van der Waals surface area (Å²) in [6, 6.07) is 0. The Morgan fingerprint density at radius 2 is 1.75 bits per heavy atom. The minimum absolute atomic E-state index is 0.0105. The number of anilines is 1. The molecule has 0 fully saturated rings. The molecule has 0 amide bonds. The Balaban J connectivity index is 2.03. The molecule has 6 nitrogen and oxygen atoms in total. The summed E-state index contributed by atoms with van der Waals surface area (Å²) in [5.41, 5.74) is 6.41. The zero-order chi connectivity index (χ0) is 23.6. The summed E-state index contributed by atoms with van der Waals surface area (Å²) in [7, 11) is -2.06. The molecule has 4 rings (SSSR count). The summed E-state index contributed by atoms with van der Waals surface area (Å²) >= 11 is 0. The summed E-state index contributed by atoms with van der Waals surface area (Å²) in [6.07, 6.45) is 13.1. The Hall–Kier alpha value is -3.11. The number of hydrogen-bond acceptors (Lipinski definition) is 6. The van der Waals surface area contributed by atoms with Crippen LogP contribution in [0.5, 0.6) is 5.75 Å². The molecule has 3 aliphatic rings. The molecule has 32 heavy (non-hydrogen) atoms. The number of nitrogens with two attached hydrogens (primary N) is 1. The number of carbonyl (C=O) groups excluding carboxylic acids is 3. The van der Waals surface area contributed by atoms with Gasteiger partial charge in [0.25, 0.3) is 0 Å². The molecule has 0 aromatic heterocycles. The highest BCUT2D eigenvalue weighted by molar-refractivity contribution is 6.77. The van der Waals surface area contributed by atoms with Crippen LogP contribution < -0.4 is 5.73 Å². The maximum Gasteiger partial charge on any atom is 0.304 e. The second kappa shape index (κ2) is 7.21. The van der Waals surface area contributed by atoms with Gasteiger partial charge in [-0.2, -0.15) is 0 Å². The average molecular weight is 450 g/mol. The number of phenols is 1. The second-order valence-corrected chi connectivity index (χ2v) is 15.4. The number of terminal acetylenes is 1. The number of carbonyl (C=O) groups is 3. The topological polar surface area (TPSA) is 107 Å². The number of aromatic hydroxyl groups is 1. The predicted molar refractivity (Wildman–Crippen MR) is 124 cm³/mol. The highest BCUT2D eigenvalue weighted by Crippen LogP contribution is 2.53. The van der Waals surface area contributed by atoms with Gasteiger partial charge in [0.1, 0.15) is 5.75 Å². The summed E-state index contributed by atoms with van der Waals surface area (Å²) in [6.45, 7) is 7.66. The van der Waals surface area contributed by atoms with Gasteiger partial charge in [-0.15, -0.1) is 6.42 Å². The van der Waals surface area contributed by atoms with Gasteiger partial charge >= 0.3 is 5.97 Å². The van der Waals surface area contributed by atoms with E-state index in [1.807, 2.05) is 0 Å². The van der Waals surface area contributed by atoms with E-state index in [1.165, 1.54) is 6.92 Å². The van der Waals surface area contributed by atoms with E-state index in [2.05, 4.69) is 25.6 Å². The average Bonchev–Trinajstić information content (AvgIpc) is 2.73. The Labute approximate surface area is 188 Å². The number of fused-ring (bicyclic) bond motifs is 3. The highest BCUT2D eigenvalue weighted by atomic mass is 28.3. The first kappa shape index (κ1) is 22.1. The van der Waals surface area contributed by atoms with Crippen molar-refractivity contribution in [1.29, 1.82) is 0 Å². The van der Waals surface area contributed by atoms with Gasteiger partial charge in [0, 0.05) is 31.0 Å². The van der Waals surface area contributed by atoms with Gasteiger partial charge in [-0.3, -0.25) is 14.4 Å². The minimum atomic E-state index is -2.06. The third-order valence-electron chi connectivity index (χ3n) is 6.89. The highest BCUT2D eigenvalue weighted by Gasteiger charge is 2.51. The van der Waals surface area contributed by atoms with Gasteiger partial charge < -0.3 is 15.6 Å². The van der Waals surface area contributed by atoms with E-state index in [4.69, 9.17) is 16.9 Å². The minimum Gasteiger partial charge on any atom is -0.507 e. The van der Waals surface area contributed by atoms with Crippen LogP contribution in [0, 0.1) is 24.2 Å². The molecule has 0 aliphatic heterocycles. The molecule has 0 bridgehead atoms. The van der Waals surface area contributed by atoms with Crippen LogP contribution in [-0.2, 0) is 16.0 Å². The van der Waals surface area contributed by atoms with Crippen molar-refractivity contribution in [3.8, 4) is 18.1 Å². The fraction of sp³-hybridized carbons (Fsp3) is 0.400. The molecule has 3 aliphatic carbocycles. The van der Waals surface area contributed by atoms with Crippen LogP contribution >= 0.6 is 0 Å². The lowest BCUT2D eigenvalue weighted by atomic mass is 9.68. The SMILES string of the molecule is C#CC1(OC(C)=O)Cc2c(N)c3c(c(O)c2C([Si](C)(C)C)C1)C(=O)C1C=CC=CC1C3=O. The van der Waals surface area contributed by atoms with Crippen LogP contribution in [0.2, 0.25) is 19.6 Å². The monoisotopic (exact) mass is 449 g/mol. The van der Waals surface area contributed by atoms with Gasteiger partial charge in [-0.25, -0.2) is 0 Å². The lowest BCUT2D eigenvalue weighted by Gasteiger charge is -2.44. The van der Waals surface area contributed by atoms with Crippen LogP contribution in [0.25, 0.3) is 0 Å². The van der Waals surface area contributed by atoms with Crippen molar-refractivity contribution in [1.82, 2.24) is 0 Å². The van der Waals surface area contributed by atoms with Crippen LogP contribution in [0.4, 0.5) is 5.69 Å². The largest absolute Gasteiger partial charge is 0.507 e. The Morgan fingerprint density at radius 1 is 1.19 bits per heavy atom. The molecule has 0 radical (unpaired) electrons. The number of rotatable bonds is 2.